The van der Waals surface area contributed by atoms with Crippen LogP contribution >= 0.6 is 0 Å². The van der Waals surface area contributed by atoms with Crippen LogP contribution in [0.25, 0.3) is 0 Å². The maximum absolute atomic E-state index is 5.81. The summed E-state index contributed by atoms with van der Waals surface area (Å²) in [4.78, 5) is 0. The van der Waals surface area contributed by atoms with E-state index in [9.17, 15) is 0 Å². The highest BCUT2D eigenvalue weighted by molar-refractivity contribution is 5.26. The monoisotopic (exact) mass is 234 g/mol. The van der Waals surface area contributed by atoms with Crippen LogP contribution in [0.2, 0.25) is 0 Å². The highest BCUT2D eigenvalue weighted by Gasteiger charge is 2.15. The van der Waals surface area contributed by atoms with Gasteiger partial charge in [0.15, 0.2) is 0 Å². The quantitative estimate of drug-likeness (QED) is 0.801. The minimum atomic E-state index is 0.154. The summed E-state index contributed by atoms with van der Waals surface area (Å²) in [6, 6.07) is 7.93. The Morgan fingerprint density at radius 1 is 1.29 bits per heavy atom. The van der Waals surface area contributed by atoms with Crippen LogP contribution in [0.4, 0.5) is 0 Å². The minimum absolute atomic E-state index is 0.154. The molecule has 2 atom stereocenters. The van der Waals surface area contributed by atoms with Gasteiger partial charge in [-0.05, 0) is 30.7 Å². The van der Waals surface area contributed by atoms with Crippen molar-refractivity contribution in [3.8, 4) is 5.75 Å². The first-order valence-electron chi connectivity index (χ1n) is 5.84. The number of benzene rings is 1. The molecule has 0 saturated heterocycles. The summed E-state index contributed by atoms with van der Waals surface area (Å²) < 4.78 is 16.2. The fourth-order valence-electron chi connectivity index (χ4n) is 1.78. The van der Waals surface area contributed by atoms with E-state index >= 15 is 0 Å². The van der Waals surface area contributed by atoms with Gasteiger partial charge in [0.05, 0.1) is 32.2 Å². The summed E-state index contributed by atoms with van der Waals surface area (Å²) in [5.41, 5.74) is 1.15. The van der Waals surface area contributed by atoms with Gasteiger partial charge >= 0.3 is 0 Å². The molecule has 1 unspecified atom stereocenters. The van der Waals surface area contributed by atoms with Crippen molar-refractivity contribution >= 4 is 0 Å². The van der Waals surface area contributed by atoms with Gasteiger partial charge < -0.3 is 14.2 Å². The highest BCUT2D eigenvalue weighted by Crippen LogP contribution is 2.17. The lowest BCUT2D eigenvalue weighted by Crippen LogP contribution is -2.21. The number of rotatable bonds is 4. The standard InChI is InChI=1S/C14H18O3/c1-11-9-14(7-8-16-11)17-10-12-3-5-13(15-2)6-4-12/h3-8,11,14H,9-10H2,1-2H3/t11-,14?/m1/s1. The van der Waals surface area contributed by atoms with E-state index in [2.05, 4.69) is 0 Å². The SMILES string of the molecule is COc1ccc(COC2C=CO[C@H](C)C2)cc1. The Kier molecular flexibility index (Phi) is 4.04. The molecule has 92 valence electrons. The molecule has 0 bridgehead atoms. The number of ether oxygens (including phenoxy) is 3. The van der Waals surface area contributed by atoms with Crippen molar-refractivity contribution in [1.29, 1.82) is 0 Å². The molecule has 17 heavy (non-hydrogen) atoms. The molecular weight excluding hydrogens is 216 g/mol. The van der Waals surface area contributed by atoms with Crippen molar-refractivity contribution in [3.63, 3.8) is 0 Å². The van der Waals surface area contributed by atoms with Gasteiger partial charge in [0.1, 0.15) is 5.75 Å². The summed E-state index contributed by atoms with van der Waals surface area (Å²) >= 11 is 0. The van der Waals surface area contributed by atoms with Crippen LogP contribution in [0, 0.1) is 0 Å². The molecule has 1 aliphatic rings. The summed E-state index contributed by atoms with van der Waals surface area (Å²) in [5.74, 6) is 0.869. The Labute approximate surface area is 102 Å². The topological polar surface area (TPSA) is 27.7 Å². The molecule has 0 aliphatic carbocycles. The number of hydrogen-bond acceptors (Lipinski definition) is 3. The third-order valence-electron chi connectivity index (χ3n) is 2.79. The predicted octanol–water partition coefficient (Wildman–Crippen LogP) is 2.90. The third kappa shape index (κ3) is 3.49. The average Bonchev–Trinajstić information content (AvgIpc) is 2.37. The molecule has 1 heterocycles. The van der Waals surface area contributed by atoms with Crippen molar-refractivity contribution in [2.45, 2.75) is 32.2 Å². The molecule has 3 nitrogen and oxygen atoms in total. The first kappa shape index (κ1) is 12.0. The van der Waals surface area contributed by atoms with E-state index in [1.807, 2.05) is 37.3 Å². The normalized spacial score (nSPS) is 23.2. The fourth-order valence-corrected chi connectivity index (χ4v) is 1.78. The predicted molar refractivity (Wildman–Crippen MR) is 65.9 cm³/mol. The second kappa shape index (κ2) is 5.73. The molecule has 0 radical (unpaired) electrons. The first-order valence-corrected chi connectivity index (χ1v) is 5.84. The third-order valence-corrected chi connectivity index (χ3v) is 2.79. The molecule has 1 aliphatic heterocycles. The Morgan fingerprint density at radius 3 is 2.71 bits per heavy atom. The fraction of sp³-hybridized carbons (Fsp3) is 0.429. The molecule has 0 N–H and O–H groups in total. The van der Waals surface area contributed by atoms with Crippen molar-refractivity contribution < 1.29 is 14.2 Å². The van der Waals surface area contributed by atoms with E-state index in [-0.39, 0.29) is 12.2 Å². The van der Waals surface area contributed by atoms with E-state index in [4.69, 9.17) is 14.2 Å². The van der Waals surface area contributed by atoms with E-state index in [0.29, 0.717) is 6.61 Å². The van der Waals surface area contributed by atoms with Crippen LogP contribution < -0.4 is 4.74 Å². The summed E-state index contributed by atoms with van der Waals surface area (Å²) in [7, 11) is 1.67. The van der Waals surface area contributed by atoms with Gasteiger partial charge in [0.25, 0.3) is 0 Å². The number of hydrogen-bond donors (Lipinski definition) is 0. The Morgan fingerprint density at radius 2 is 2.06 bits per heavy atom. The van der Waals surface area contributed by atoms with Gasteiger partial charge in [-0.2, -0.15) is 0 Å². The minimum Gasteiger partial charge on any atom is -0.498 e. The van der Waals surface area contributed by atoms with Crippen molar-refractivity contribution in [2.24, 2.45) is 0 Å². The maximum atomic E-state index is 5.81. The smallest absolute Gasteiger partial charge is 0.118 e. The van der Waals surface area contributed by atoms with Crippen LogP contribution in [0.3, 0.4) is 0 Å². The van der Waals surface area contributed by atoms with Crippen molar-refractivity contribution in [1.82, 2.24) is 0 Å². The zero-order valence-electron chi connectivity index (χ0n) is 10.3. The van der Waals surface area contributed by atoms with Gasteiger partial charge in [-0.15, -0.1) is 0 Å². The van der Waals surface area contributed by atoms with E-state index in [1.54, 1.807) is 13.4 Å². The van der Waals surface area contributed by atoms with E-state index in [1.165, 1.54) is 0 Å². The zero-order chi connectivity index (χ0) is 12.1. The van der Waals surface area contributed by atoms with Gasteiger partial charge in [0.2, 0.25) is 0 Å². The summed E-state index contributed by atoms with van der Waals surface area (Å²) in [5, 5.41) is 0. The van der Waals surface area contributed by atoms with Crippen LogP contribution in [0.5, 0.6) is 5.75 Å². The zero-order valence-corrected chi connectivity index (χ0v) is 10.3. The summed E-state index contributed by atoms with van der Waals surface area (Å²) in [6.07, 6.45) is 4.99. The molecule has 0 spiro atoms. The second-order valence-electron chi connectivity index (χ2n) is 4.21. The van der Waals surface area contributed by atoms with Gasteiger partial charge in [-0.3, -0.25) is 0 Å². The molecule has 1 aromatic rings. The van der Waals surface area contributed by atoms with Crippen molar-refractivity contribution in [3.05, 3.63) is 42.2 Å². The van der Waals surface area contributed by atoms with Gasteiger partial charge in [-0.25, -0.2) is 0 Å². The van der Waals surface area contributed by atoms with Gasteiger partial charge in [0, 0.05) is 6.42 Å². The molecule has 0 saturated carbocycles. The Balaban J connectivity index is 1.84. The molecular formula is C14H18O3. The average molecular weight is 234 g/mol. The second-order valence-corrected chi connectivity index (χ2v) is 4.21. The molecule has 3 heteroatoms. The van der Waals surface area contributed by atoms with Crippen molar-refractivity contribution in [2.75, 3.05) is 7.11 Å². The Hall–Kier alpha value is -1.48. The lowest BCUT2D eigenvalue weighted by Gasteiger charge is -2.22. The first-order chi connectivity index (χ1) is 8.28. The maximum Gasteiger partial charge on any atom is 0.118 e. The van der Waals surface area contributed by atoms with Gasteiger partial charge in [-0.1, -0.05) is 12.1 Å². The lowest BCUT2D eigenvalue weighted by atomic mass is 10.1. The van der Waals surface area contributed by atoms with E-state index < -0.39 is 0 Å². The lowest BCUT2D eigenvalue weighted by molar-refractivity contribution is 0.0136. The summed E-state index contributed by atoms with van der Waals surface area (Å²) in [6.45, 7) is 2.67. The van der Waals surface area contributed by atoms with E-state index in [0.717, 1.165) is 17.7 Å². The molecule has 2 rings (SSSR count). The molecule has 1 aromatic carbocycles. The number of methoxy groups -OCH3 is 1. The highest BCUT2D eigenvalue weighted by atomic mass is 16.5. The molecule has 0 aromatic heterocycles. The Bertz CT molecular complexity index is 370. The molecule has 0 amide bonds. The van der Waals surface area contributed by atoms with Crippen LogP contribution in [-0.4, -0.2) is 19.3 Å². The molecule has 0 fully saturated rings. The van der Waals surface area contributed by atoms with Crippen LogP contribution in [-0.2, 0) is 16.1 Å². The van der Waals surface area contributed by atoms with Crippen LogP contribution in [0.15, 0.2) is 36.6 Å². The largest absolute Gasteiger partial charge is 0.498 e. The van der Waals surface area contributed by atoms with Crippen LogP contribution in [0.1, 0.15) is 18.9 Å².